The molecule has 1 N–H and O–H groups in total. The molecule has 5 nitrogen and oxygen atoms in total. The number of amides is 1. The van der Waals surface area contributed by atoms with Gasteiger partial charge in [0, 0.05) is 30.7 Å². The van der Waals surface area contributed by atoms with Gasteiger partial charge in [-0.05, 0) is 43.0 Å². The van der Waals surface area contributed by atoms with E-state index in [-0.39, 0.29) is 11.9 Å². The van der Waals surface area contributed by atoms with Crippen LogP contribution in [-0.4, -0.2) is 21.9 Å². The van der Waals surface area contributed by atoms with Crippen molar-refractivity contribution < 1.29 is 4.79 Å². The molecule has 0 fully saturated rings. The maximum atomic E-state index is 13.0. The first-order valence-electron chi connectivity index (χ1n) is 9.15. The lowest BCUT2D eigenvalue weighted by Crippen LogP contribution is -2.35. The molecule has 0 aliphatic carbocycles. The molecule has 0 saturated carbocycles. The number of rotatable bonds is 4. The van der Waals surface area contributed by atoms with Gasteiger partial charge in [0.2, 0.25) is 5.95 Å². The van der Waals surface area contributed by atoms with Crippen molar-refractivity contribution in [2.45, 2.75) is 32.9 Å². The molecule has 2 aromatic carbocycles. The van der Waals surface area contributed by atoms with Crippen molar-refractivity contribution in [2.24, 2.45) is 0 Å². The minimum atomic E-state index is -0.0575. The minimum Gasteiger partial charge on any atom is -0.350 e. The molecule has 0 bridgehead atoms. The lowest BCUT2D eigenvalue weighted by atomic mass is 10.1. The molecule has 0 radical (unpaired) electrons. The van der Waals surface area contributed by atoms with Crippen LogP contribution in [0.5, 0.6) is 0 Å². The van der Waals surface area contributed by atoms with Crippen LogP contribution >= 0.6 is 0 Å². The maximum Gasteiger partial charge on any atom is 0.261 e. The van der Waals surface area contributed by atoms with Crippen molar-refractivity contribution in [3.63, 3.8) is 0 Å². The summed E-state index contributed by atoms with van der Waals surface area (Å²) >= 11 is 0. The summed E-state index contributed by atoms with van der Waals surface area (Å²) in [6.07, 6.45) is 4.07. The van der Waals surface area contributed by atoms with Gasteiger partial charge >= 0.3 is 0 Å². The zero-order valence-electron chi connectivity index (χ0n) is 15.5. The van der Waals surface area contributed by atoms with Crippen LogP contribution in [0.1, 0.15) is 34.0 Å². The van der Waals surface area contributed by atoms with Crippen LogP contribution in [0.3, 0.4) is 0 Å². The first-order chi connectivity index (χ1) is 13.1. The molecule has 1 atom stereocenters. The van der Waals surface area contributed by atoms with E-state index in [0.717, 1.165) is 12.1 Å². The second-order valence-electron chi connectivity index (χ2n) is 6.93. The standard InChI is InChI=1S/C22H22N4O/c1-15-7-3-4-9-18(15)12-23-22-24-13-19(14-25-22)21(27)26-16(2)11-17-8-5-6-10-20(17)26/h3-10,13-14,16H,11-12H2,1-2H3,(H,23,24,25). The Morgan fingerprint density at radius 1 is 1.11 bits per heavy atom. The summed E-state index contributed by atoms with van der Waals surface area (Å²) < 4.78 is 0. The first kappa shape index (κ1) is 17.2. The third-order valence-electron chi connectivity index (χ3n) is 5.02. The molecule has 2 heterocycles. The van der Waals surface area contributed by atoms with Gasteiger partial charge in [-0.1, -0.05) is 42.5 Å². The molecule has 1 amide bonds. The quantitative estimate of drug-likeness (QED) is 0.766. The molecule has 1 aromatic heterocycles. The SMILES string of the molecule is Cc1ccccc1CNc1ncc(C(=O)N2c3ccccc3CC2C)cn1. The Bertz CT molecular complexity index is 968. The van der Waals surface area contributed by atoms with Crippen LogP contribution in [0.25, 0.3) is 0 Å². The monoisotopic (exact) mass is 358 g/mol. The van der Waals surface area contributed by atoms with Crippen LogP contribution in [0, 0.1) is 6.92 Å². The average Bonchev–Trinajstić information content (AvgIpc) is 3.03. The van der Waals surface area contributed by atoms with Crippen molar-refractivity contribution in [3.8, 4) is 0 Å². The van der Waals surface area contributed by atoms with E-state index in [1.165, 1.54) is 16.7 Å². The summed E-state index contributed by atoms with van der Waals surface area (Å²) in [5.41, 5.74) is 5.11. The Labute approximate surface area is 159 Å². The molecule has 4 rings (SSSR count). The number of hydrogen-bond donors (Lipinski definition) is 1. The van der Waals surface area contributed by atoms with E-state index in [4.69, 9.17) is 0 Å². The number of nitrogens with zero attached hydrogens (tertiary/aromatic N) is 3. The first-order valence-corrected chi connectivity index (χ1v) is 9.15. The van der Waals surface area contributed by atoms with Crippen LogP contribution in [0.2, 0.25) is 0 Å². The van der Waals surface area contributed by atoms with Crippen LogP contribution < -0.4 is 10.2 Å². The summed E-state index contributed by atoms with van der Waals surface area (Å²) in [6.45, 7) is 4.79. The fraction of sp³-hybridized carbons (Fsp3) is 0.227. The van der Waals surface area contributed by atoms with Gasteiger partial charge in [0.15, 0.2) is 0 Å². The summed E-state index contributed by atoms with van der Waals surface area (Å²) in [4.78, 5) is 23.5. The number of para-hydroxylation sites is 1. The van der Waals surface area contributed by atoms with Gasteiger partial charge in [-0.3, -0.25) is 4.79 Å². The largest absolute Gasteiger partial charge is 0.350 e. The molecular weight excluding hydrogens is 336 g/mol. The number of benzene rings is 2. The molecule has 27 heavy (non-hydrogen) atoms. The third kappa shape index (κ3) is 3.40. The number of carbonyl (C=O) groups is 1. The number of fused-ring (bicyclic) bond motifs is 1. The Morgan fingerprint density at radius 2 is 1.81 bits per heavy atom. The van der Waals surface area contributed by atoms with E-state index in [2.05, 4.69) is 47.3 Å². The zero-order chi connectivity index (χ0) is 18.8. The third-order valence-corrected chi connectivity index (χ3v) is 5.02. The zero-order valence-corrected chi connectivity index (χ0v) is 15.5. The number of aromatic nitrogens is 2. The topological polar surface area (TPSA) is 58.1 Å². The number of nitrogens with one attached hydrogen (secondary N) is 1. The highest BCUT2D eigenvalue weighted by molar-refractivity contribution is 6.07. The fourth-order valence-corrected chi connectivity index (χ4v) is 3.53. The highest BCUT2D eigenvalue weighted by atomic mass is 16.2. The number of aryl methyl sites for hydroxylation is 1. The Kier molecular flexibility index (Phi) is 4.59. The fourth-order valence-electron chi connectivity index (χ4n) is 3.53. The van der Waals surface area contributed by atoms with Crippen LogP contribution in [0.15, 0.2) is 60.9 Å². The number of hydrogen-bond acceptors (Lipinski definition) is 4. The van der Waals surface area contributed by atoms with E-state index >= 15 is 0 Å². The Balaban J connectivity index is 1.48. The molecule has 136 valence electrons. The van der Waals surface area contributed by atoms with E-state index < -0.39 is 0 Å². The van der Waals surface area contributed by atoms with Crippen molar-refractivity contribution in [2.75, 3.05) is 10.2 Å². The maximum absolute atomic E-state index is 13.0. The predicted molar refractivity (Wildman–Crippen MR) is 107 cm³/mol. The van der Waals surface area contributed by atoms with Crippen molar-refractivity contribution in [1.29, 1.82) is 0 Å². The average molecular weight is 358 g/mol. The number of carbonyl (C=O) groups excluding carboxylic acids is 1. The van der Waals surface area contributed by atoms with Gasteiger partial charge in [-0.2, -0.15) is 0 Å². The molecule has 0 spiro atoms. The molecule has 1 aliphatic rings. The minimum absolute atomic E-state index is 0.0575. The van der Waals surface area contributed by atoms with Gasteiger partial charge in [-0.25, -0.2) is 9.97 Å². The van der Waals surface area contributed by atoms with Gasteiger partial charge in [0.1, 0.15) is 0 Å². The molecule has 0 saturated heterocycles. The van der Waals surface area contributed by atoms with Crippen LogP contribution in [-0.2, 0) is 13.0 Å². The lowest BCUT2D eigenvalue weighted by molar-refractivity contribution is 0.0981. The highest BCUT2D eigenvalue weighted by Gasteiger charge is 2.31. The summed E-state index contributed by atoms with van der Waals surface area (Å²) in [5.74, 6) is 0.461. The molecule has 5 heteroatoms. The van der Waals surface area contributed by atoms with Gasteiger partial charge in [0.25, 0.3) is 5.91 Å². The lowest BCUT2D eigenvalue weighted by Gasteiger charge is -2.22. The highest BCUT2D eigenvalue weighted by Crippen LogP contribution is 2.32. The predicted octanol–water partition coefficient (Wildman–Crippen LogP) is 3.99. The Hall–Kier alpha value is -3.21. The van der Waals surface area contributed by atoms with Crippen molar-refractivity contribution in [3.05, 3.63) is 83.2 Å². The second kappa shape index (κ2) is 7.19. The number of anilines is 2. The van der Waals surface area contributed by atoms with Crippen molar-refractivity contribution >= 4 is 17.5 Å². The van der Waals surface area contributed by atoms with E-state index in [1.54, 1.807) is 12.4 Å². The van der Waals surface area contributed by atoms with E-state index in [1.807, 2.05) is 35.2 Å². The molecule has 1 aliphatic heterocycles. The smallest absolute Gasteiger partial charge is 0.261 e. The summed E-state index contributed by atoms with van der Waals surface area (Å²) in [6, 6.07) is 16.4. The summed E-state index contributed by atoms with van der Waals surface area (Å²) in [7, 11) is 0. The van der Waals surface area contributed by atoms with Gasteiger partial charge < -0.3 is 10.2 Å². The van der Waals surface area contributed by atoms with Crippen molar-refractivity contribution in [1.82, 2.24) is 9.97 Å². The molecule has 3 aromatic rings. The molecular formula is C22H22N4O. The molecule has 1 unspecified atom stereocenters. The normalized spacial score (nSPS) is 15.5. The van der Waals surface area contributed by atoms with E-state index in [0.29, 0.717) is 18.1 Å². The second-order valence-corrected chi connectivity index (χ2v) is 6.93. The van der Waals surface area contributed by atoms with Gasteiger partial charge in [0.05, 0.1) is 5.56 Å². The van der Waals surface area contributed by atoms with Gasteiger partial charge in [-0.15, -0.1) is 0 Å². The van der Waals surface area contributed by atoms with E-state index in [9.17, 15) is 4.79 Å². The van der Waals surface area contributed by atoms with Crippen LogP contribution in [0.4, 0.5) is 11.6 Å². The Morgan fingerprint density at radius 3 is 2.59 bits per heavy atom. The summed E-state index contributed by atoms with van der Waals surface area (Å²) in [5, 5.41) is 3.21.